The van der Waals surface area contributed by atoms with Gasteiger partial charge >= 0.3 is 6.09 Å². The Balaban J connectivity index is 2.30. The van der Waals surface area contributed by atoms with Crippen LogP contribution in [-0.4, -0.2) is 31.2 Å². The van der Waals surface area contributed by atoms with Crippen LogP contribution in [0.15, 0.2) is 23.0 Å². The van der Waals surface area contributed by atoms with Crippen LogP contribution in [0.3, 0.4) is 0 Å². The van der Waals surface area contributed by atoms with E-state index in [9.17, 15) is 19.1 Å². The lowest BCUT2D eigenvalue weighted by Crippen LogP contribution is -2.48. The molecule has 1 aromatic carbocycles. The van der Waals surface area contributed by atoms with Crippen LogP contribution in [0.1, 0.15) is 64.9 Å². The number of carboxylic acid groups (broad SMARTS) is 1. The van der Waals surface area contributed by atoms with Gasteiger partial charge in [0.25, 0.3) is 5.56 Å². The summed E-state index contributed by atoms with van der Waals surface area (Å²) in [5, 5.41) is 9.76. The quantitative estimate of drug-likeness (QED) is 0.889. The minimum absolute atomic E-state index is 0.0318. The molecule has 1 aliphatic carbocycles. The molecule has 1 N–H and O–H groups in total. The van der Waals surface area contributed by atoms with E-state index in [0.717, 1.165) is 12.8 Å². The third-order valence-electron chi connectivity index (χ3n) is 4.74. The highest BCUT2D eigenvalue weighted by Crippen LogP contribution is 2.38. The van der Waals surface area contributed by atoms with Crippen molar-refractivity contribution in [2.45, 2.75) is 64.6 Å². The Kier molecular flexibility index (Phi) is 4.50. The van der Waals surface area contributed by atoms with Gasteiger partial charge in [0.05, 0.1) is 11.6 Å². The van der Waals surface area contributed by atoms with Crippen molar-refractivity contribution in [1.82, 2.24) is 14.5 Å². The maximum atomic E-state index is 14.2. The van der Waals surface area contributed by atoms with Crippen molar-refractivity contribution in [3.63, 3.8) is 0 Å². The second-order valence-corrected chi connectivity index (χ2v) is 7.76. The Morgan fingerprint density at radius 1 is 1.42 bits per heavy atom. The first kappa shape index (κ1) is 18.4. The van der Waals surface area contributed by atoms with Crippen molar-refractivity contribution in [3.05, 3.63) is 40.2 Å². The van der Waals surface area contributed by atoms with Gasteiger partial charge in [-0.25, -0.2) is 14.2 Å². The Hall–Kier alpha value is -2.44. The number of nitrogens with zero attached hydrogens (tertiary/aromatic N) is 3. The zero-order valence-electron chi connectivity index (χ0n) is 15.5. The van der Waals surface area contributed by atoms with E-state index in [1.165, 1.54) is 21.6 Å². The number of rotatable bonds is 4. The fourth-order valence-corrected chi connectivity index (χ4v) is 3.51. The van der Waals surface area contributed by atoms with Crippen LogP contribution in [0.25, 0.3) is 10.9 Å². The predicted octanol–water partition coefficient (Wildman–Crippen LogP) is 4.10. The lowest BCUT2D eigenvalue weighted by atomic mass is 10.0. The molecular weight excluding hydrogens is 337 g/mol. The zero-order chi connectivity index (χ0) is 19.2. The van der Waals surface area contributed by atoms with Crippen molar-refractivity contribution >= 4 is 17.0 Å². The van der Waals surface area contributed by atoms with E-state index in [1.807, 2.05) is 27.7 Å². The molecule has 6 nitrogen and oxygen atoms in total. The van der Waals surface area contributed by atoms with Crippen LogP contribution < -0.4 is 5.56 Å². The van der Waals surface area contributed by atoms with Gasteiger partial charge in [0, 0.05) is 11.6 Å². The fourth-order valence-electron chi connectivity index (χ4n) is 3.51. The van der Waals surface area contributed by atoms with Gasteiger partial charge < -0.3 is 5.11 Å². The van der Waals surface area contributed by atoms with Crippen LogP contribution in [0, 0.1) is 5.82 Å². The summed E-state index contributed by atoms with van der Waals surface area (Å²) in [6.45, 7) is 7.30. The van der Waals surface area contributed by atoms with Gasteiger partial charge in [-0.3, -0.25) is 14.3 Å². The molecule has 0 saturated heterocycles. The molecule has 1 amide bonds. The van der Waals surface area contributed by atoms with E-state index in [-0.39, 0.29) is 16.9 Å². The monoisotopic (exact) mass is 361 g/mol. The number of benzene rings is 1. The molecule has 1 unspecified atom stereocenters. The minimum Gasteiger partial charge on any atom is -0.465 e. The van der Waals surface area contributed by atoms with Gasteiger partial charge in [0.15, 0.2) is 0 Å². The minimum atomic E-state index is -1.07. The average molecular weight is 361 g/mol. The summed E-state index contributed by atoms with van der Waals surface area (Å²) in [4.78, 5) is 30.9. The molecule has 1 aliphatic rings. The lowest BCUT2D eigenvalue weighted by molar-refractivity contribution is 0.0637. The number of hydrogen-bond donors (Lipinski definition) is 1. The Morgan fingerprint density at radius 3 is 2.58 bits per heavy atom. The summed E-state index contributed by atoms with van der Waals surface area (Å²) in [5.74, 6) is -0.199. The highest BCUT2D eigenvalue weighted by atomic mass is 19.1. The van der Waals surface area contributed by atoms with Crippen molar-refractivity contribution in [2.75, 3.05) is 0 Å². The third kappa shape index (κ3) is 3.06. The number of fused-ring (bicyclic) bond motifs is 1. The van der Waals surface area contributed by atoms with Gasteiger partial charge in [0.1, 0.15) is 17.0 Å². The van der Waals surface area contributed by atoms with Crippen LogP contribution in [0.5, 0.6) is 0 Å². The van der Waals surface area contributed by atoms with Crippen molar-refractivity contribution in [1.29, 1.82) is 0 Å². The van der Waals surface area contributed by atoms with Crippen molar-refractivity contribution < 1.29 is 14.3 Å². The molecule has 26 heavy (non-hydrogen) atoms. The van der Waals surface area contributed by atoms with E-state index in [4.69, 9.17) is 0 Å². The van der Waals surface area contributed by atoms with Gasteiger partial charge in [-0.15, -0.1) is 0 Å². The summed E-state index contributed by atoms with van der Waals surface area (Å²) in [5.41, 5.74) is -0.835. The highest BCUT2D eigenvalue weighted by Gasteiger charge is 2.38. The molecule has 1 aromatic heterocycles. The van der Waals surface area contributed by atoms with Gasteiger partial charge in [-0.2, -0.15) is 0 Å². The molecule has 0 bridgehead atoms. The first-order chi connectivity index (χ1) is 12.2. The normalized spacial score (nSPS) is 15.9. The molecule has 1 heterocycles. The second-order valence-electron chi connectivity index (χ2n) is 7.76. The van der Waals surface area contributed by atoms with Gasteiger partial charge in [-0.05, 0) is 52.2 Å². The van der Waals surface area contributed by atoms with Crippen LogP contribution in [0.4, 0.5) is 9.18 Å². The smallest absolute Gasteiger partial charge is 0.408 e. The van der Waals surface area contributed by atoms with E-state index < -0.39 is 29.1 Å². The molecule has 1 saturated carbocycles. The molecule has 1 atom stereocenters. The van der Waals surface area contributed by atoms with E-state index in [0.29, 0.717) is 12.2 Å². The van der Waals surface area contributed by atoms with E-state index in [1.54, 1.807) is 6.07 Å². The molecule has 0 spiro atoms. The van der Waals surface area contributed by atoms with Gasteiger partial charge in [0.2, 0.25) is 0 Å². The first-order valence-electron chi connectivity index (χ1n) is 8.89. The Labute approximate surface area is 151 Å². The Bertz CT molecular complexity index is 913. The summed E-state index contributed by atoms with van der Waals surface area (Å²) in [6, 6.07) is 3.72. The lowest BCUT2D eigenvalue weighted by Gasteiger charge is -2.39. The summed E-state index contributed by atoms with van der Waals surface area (Å²) in [6.07, 6.45) is 1.02. The number of amides is 1. The second kappa shape index (κ2) is 6.37. The molecule has 7 heteroatoms. The summed E-state index contributed by atoms with van der Waals surface area (Å²) < 4.78 is 15.8. The van der Waals surface area contributed by atoms with Crippen LogP contribution >= 0.6 is 0 Å². The molecular formula is C19H24FN3O3. The number of halogens is 1. The fraction of sp³-hybridized carbons (Fsp3) is 0.526. The molecule has 0 aliphatic heterocycles. The van der Waals surface area contributed by atoms with Crippen molar-refractivity contribution in [3.8, 4) is 0 Å². The SMILES string of the molecule is CCC(c1nc2cccc(F)c2c(=O)n1C1CC1)N(C(=O)O)C(C)(C)C. The maximum absolute atomic E-state index is 14.2. The summed E-state index contributed by atoms with van der Waals surface area (Å²) >= 11 is 0. The Morgan fingerprint density at radius 2 is 2.08 bits per heavy atom. The first-order valence-corrected chi connectivity index (χ1v) is 8.89. The standard InChI is InChI=1S/C19H24FN3O3/c1-5-14(23(18(25)26)19(2,3)4)16-21-13-8-6-7-12(20)15(13)17(24)22(16)11-9-10-11/h6-8,11,14H,5,9-10H2,1-4H3,(H,25,26). The molecule has 3 rings (SSSR count). The number of carbonyl (C=O) groups is 1. The average Bonchev–Trinajstić information content (AvgIpc) is 3.35. The molecule has 1 fully saturated rings. The zero-order valence-corrected chi connectivity index (χ0v) is 15.5. The third-order valence-corrected chi connectivity index (χ3v) is 4.74. The molecule has 140 valence electrons. The topological polar surface area (TPSA) is 75.4 Å². The van der Waals surface area contributed by atoms with Gasteiger partial charge in [-0.1, -0.05) is 13.0 Å². The summed E-state index contributed by atoms with van der Waals surface area (Å²) in [7, 11) is 0. The number of hydrogen-bond acceptors (Lipinski definition) is 3. The van der Waals surface area contributed by atoms with Crippen molar-refractivity contribution in [2.24, 2.45) is 0 Å². The molecule has 0 radical (unpaired) electrons. The predicted molar refractivity (Wildman–Crippen MR) is 96.9 cm³/mol. The highest BCUT2D eigenvalue weighted by molar-refractivity contribution is 5.78. The largest absolute Gasteiger partial charge is 0.465 e. The number of aromatic nitrogens is 2. The van der Waals surface area contributed by atoms with E-state index in [2.05, 4.69) is 4.98 Å². The van der Waals surface area contributed by atoms with Crippen LogP contribution in [-0.2, 0) is 0 Å². The van der Waals surface area contributed by atoms with Crippen LogP contribution in [0.2, 0.25) is 0 Å². The maximum Gasteiger partial charge on any atom is 0.408 e. The molecule has 2 aromatic rings. The van der Waals surface area contributed by atoms with E-state index >= 15 is 0 Å².